The van der Waals surface area contributed by atoms with Crippen LogP contribution >= 0.6 is 24.0 Å². The highest BCUT2D eigenvalue weighted by Crippen LogP contribution is 2.48. The van der Waals surface area contributed by atoms with Crippen molar-refractivity contribution in [3.8, 4) is 0 Å². The molecule has 3 rings (SSSR count). The third-order valence-corrected chi connectivity index (χ3v) is 5.27. The van der Waals surface area contributed by atoms with Crippen molar-refractivity contribution >= 4 is 29.9 Å². The van der Waals surface area contributed by atoms with Crippen LogP contribution in [0.2, 0.25) is 0 Å². The van der Waals surface area contributed by atoms with Crippen molar-refractivity contribution < 1.29 is 0 Å². The van der Waals surface area contributed by atoms with Crippen molar-refractivity contribution in [1.29, 1.82) is 0 Å². The van der Waals surface area contributed by atoms with Gasteiger partial charge in [0.05, 0.1) is 6.54 Å². The molecule has 140 valence electrons. The second-order valence-electron chi connectivity index (χ2n) is 7.17. The van der Waals surface area contributed by atoms with Gasteiger partial charge in [-0.25, -0.2) is 0 Å². The summed E-state index contributed by atoms with van der Waals surface area (Å²) in [6.07, 6.45) is 6.45. The number of halogens is 1. The molecule has 0 amide bonds. The maximum Gasteiger partial charge on any atom is 0.191 e. The molecule has 0 unspecified atom stereocenters. The highest BCUT2D eigenvalue weighted by molar-refractivity contribution is 14.0. The Kier molecular flexibility index (Phi) is 8.49. The van der Waals surface area contributed by atoms with E-state index >= 15 is 0 Å². The first-order chi connectivity index (χ1) is 11.8. The number of hydrogen-bond acceptors (Lipinski definition) is 2. The molecule has 25 heavy (non-hydrogen) atoms. The van der Waals surface area contributed by atoms with Gasteiger partial charge in [-0.3, -0.25) is 4.99 Å². The molecule has 1 aromatic rings. The zero-order valence-electron chi connectivity index (χ0n) is 15.5. The molecule has 0 spiro atoms. The number of likely N-dealkylation sites (tertiary alicyclic amines) is 1. The summed E-state index contributed by atoms with van der Waals surface area (Å²) in [4.78, 5) is 7.44. The van der Waals surface area contributed by atoms with Crippen LogP contribution in [0.15, 0.2) is 35.3 Å². The average molecular weight is 456 g/mol. The van der Waals surface area contributed by atoms with Gasteiger partial charge in [0.1, 0.15) is 0 Å². The van der Waals surface area contributed by atoms with Gasteiger partial charge in [0.25, 0.3) is 0 Å². The van der Waals surface area contributed by atoms with Crippen molar-refractivity contribution in [2.24, 2.45) is 4.99 Å². The van der Waals surface area contributed by atoms with Gasteiger partial charge in [-0.15, -0.1) is 24.0 Å². The van der Waals surface area contributed by atoms with Gasteiger partial charge >= 0.3 is 0 Å². The van der Waals surface area contributed by atoms with Crippen LogP contribution in [-0.2, 0) is 5.41 Å². The van der Waals surface area contributed by atoms with E-state index < -0.39 is 0 Å². The number of aliphatic imine (C=N–C) groups is 1. The molecule has 0 bridgehead atoms. The van der Waals surface area contributed by atoms with Gasteiger partial charge in [0, 0.05) is 18.5 Å². The van der Waals surface area contributed by atoms with E-state index in [4.69, 9.17) is 4.99 Å². The van der Waals surface area contributed by atoms with Crippen LogP contribution in [0.1, 0.15) is 44.6 Å². The van der Waals surface area contributed by atoms with Crippen LogP contribution in [0.25, 0.3) is 0 Å². The largest absolute Gasteiger partial charge is 0.357 e. The van der Waals surface area contributed by atoms with E-state index in [9.17, 15) is 0 Å². The molecule has 1 heterocycles. The fourth-order valence-electron chi connectivity index (χ4n) is 3.57. The predicted molar refractivity (Wildman–Crippen MR) is 117 cm³/mol. The Bertz CT molecular complexity index is 522. The first-order valence-corrected chi connectivity index (χ1v) is 9.62. The first kappa shape index (κ1) is 20.5. The van der Waals surface area contributed by atoms with Gasteiger partial charge in [-0.2, -0.15) is 0 Å². The fraction of sp³-hybridized carbons (Fsp3) is 0.650. The quantitative estimate of drug-likeness (QED) is 0.273. The molecule has 2 fully saturated rings. The monoisotopic (exact) mass is 456 g/mol. The Morgan fingerprint density at radius 1 is 1.12 bits per heavy atom. The normalized spacial score (nSPS) is 19.3. The molecular formula is C20H33IN4. The van der Waals surface area contributed by atoms with Gasteiger partial charge in [0.2, 0.25) is 0 Å². The molecule has 2 N–H and O–H groups in total. The predicted octanol–water partition coefficient (Wildman–Crippen LogP) is 3.38. The summed E-state index contributed by atoms with van der Waals surface area (Å²) in [5, 5.41) is 6.90. The van der Waals surface area contributed by atoms with Gasteiger partial charge in [-0.05, 0) is 64.2 Å². The van der Waals surface area contributed by atoms with E-state index in [0.29, 0.717) is 5.41 Å². The summed E-state index contributed by atoms with van der Waals surface area (Å²) < 4.78 is 0. The van der Waals surface area contributed by atoms with Crippen molar-refractivity contribution in [1.82, 2.24) is 15.5 Å². The summed E-state index contributed by atoms with van der Waals surface area (Å²) in [7, 11) is 0. The van der Waals surface area contributed by atoms with Crippen LogP contribution in [-0.4, -0.2) is 50.1 Å². The SMILES string of the molecule is CCNC(=NCC1(c2ccccc2)CC1)NCCCN1CCCC1.I. The summed E-state index contributed by atoms with van der Waals surface area (Å²) in [6, 6.07) is 10.9. The molecule has 1 aliphatic carbocycles. The zero-order valence-corrected chi connectivity index (χ0v) is 17.8. The molecule has 1 saturated carbocycles. The lowest BCUT2D eigenvalue weighted by atomic mass is 9.96. The number of guanidine groups is 1. The summed E-state index contributed by atoms with van der Waals surface area (Å²) in [5.74, 6) is 0.973. The van der Waals surface area contributed by atoms with Gasteiger partial charge < -0.3 is 15.5 Å². The number of benzene rings is 1. The topological polar surface area (TPSA) is 39.7 Å². The molecule has 0 radical (unpaired) electrons. The van der Waals surface area contributed by atoms with Crippen molar-refractivity contribution in [2.75, 3.05) is 39.3 Å². The second-order valence-corrected chi connectivity index (χ2v) is 7.17. The third kappa shape index (κ3) is 6.13. The molecule has 2 aliphatic rings. The van der Waals surface area contributed by atoms with Crippen LogP contribution in [0, 0.1) is 0 Å². The van der Waals surface area contributed by atoms with Crippen LogP contribution in [0.3, 0.4) is 0 Å². The minimum absolute atomic E-state index is 0. The van der Waals surface area contributed by atoms with Crippen LogP contribution in [0.5, 0.6) is 0 Å². The summed E-state index contributed by atoms with van der Waals surface area (Å²) in [6.45, 7) is 8.71. The highest BCUT2D eigenvalue weighted by atomic mass is 127. The maximum absolute atomic E-state index is 4.87. The molecule has 1 aromatic carbocycles. The van der Waals surface area contributed by atoms with Crippen molar-refractivity contribution in [2.45, 2.75) is 44.4 Å². The number of nitrogens with zero attached hydrogens (tertiary/aromatic N) is 2. The lowest BCUT2D eigenvalue weighted by Gasteiger charge is -2.17. The molecule has 5 heteroatoms. The fourth-order valence-corrected chi connectivity index (χ4v) is 3.57. The Labute approximate surface area is 169 Å². The zero-order chi connectivity index (χ0) is 16.7. The minimum Gasteiger partial charge on any atom is -0.357 e. The van der Waals surface area contributed by atoms with E-state index in [0.717, 1.165) is 25.6 Å². The molecule has 0 aromatic heterocycles. The van der Waals surface area contributed by atoms with Crippen LogP contribution in [0.4, 0.5) is 0 Å². The Morgan fingerprint density at radius 2 is 1.84 bits per heavy atom. The molecule has 1 saturated heterocycles. The van der Waals surface area contributed by atoms with E-state index in [1.165, 1.54) is 57.3 Å². The minimum atomic E-state index is 0. The number of rotatable bonds is 8. The Hall–Kier alpha value is -0.820. The van der Waals surface area contributed by atoms with Crippen molar-refractivity contribution in [3.05, 3.63) is 35.9 Å². The van der Waals surface area contributed by atoms with E-state index in [-0.39, 0.29) is 24.0 Å². The van der Waals surface area contributed by atoms with E-state index in [2.05, 4.69) is 52.8 Å². The second kappa shape index (κ2) is 10.4. The summed E-state index contributed by atoms with van der Waals surface area (Å²) in [5.41, 5.74) is 1.73. The molecular weight excluding hydrogens is 423 g/mol. The lowest BCUT2D eigenvalue weighted by molar-refractivity contribution is 0.334. The van der Waals surface area contributed by atoms with Gasteiger partial charge in [-0.1, -0.05) is 30.3 Å². The van der Waals surface area contributed by atoms with E-state index in [1.54, 1.807) is 0 Å². The molecule has 4 nitrogen and oxygen atoms in total. The molecule has 1 aliphatic heterocycles. The molecule has 0 atom stereocenters. The van der Waals surface area contributed by atoms with E-state index in [1.807, 2.05) is 0 Å². The average Bonchev–Trinajstić information content (AvgIpc) is 3.24. The Morgan fingerprint density at radius 3 is 2.48 bits per heavy atom. The summed E-state index contributed by atoms with van der Waals surface area (Å²) >= 11 is 0. The third-order valence-electron chi connectivity index (χ3n) is 5.27. The van der Waals surface area contributed by atoms with Crippen molar-refractivity contribution in [3.63, 3.8) is 0 Å². The lowest BCUT2D eigenvalue weighted by Crippen LogP contribution is -2.39. The smallest absolute Gasteiger partial charge is 0.191 e. The number of nitrogens with one attached hydrogen (secondary N) is 2. The number of hydrogen-bond donors (Lipinski definition) is 2. The standard InChI is InChI=1S/C20H32N4.HI/c1-2-21-19(22-13-8-16-24-14-6-7-15-24)23-17-20(11-12-20)18-9-4-3-5-10-18;/h3-5,9-10H,2,6-8,11-17H2,1H3,(H2,21,22,23);1H. The maximum atomic E-state index is 4.87. The Balaban J connectivity index is 0.00000225. The first-order valence-electron chi connectivity index (χ1n) is 9.62. The highest BCUT2D eigenvalue weighted by Gasteiger charge is 2.43. The van der Waals surface area contributed by atoms with Crippen LogP contribution < -0.4 is 10.6 Å². The van der Waals surface area contributed by atoms with Gasteiger partial charge in [0.15, 0.2) is 5.96 Å².